The van der Waals surface area contributed by atoms with Crippen molar-refractivity contribution in [2.75, 3.05) is 0 Å². The first-order valence-corrected chi connectivity index (χ1v) is 6.00. The molecule has 2 N–H and O–H groups in total. The summed E-state index contributed by atoms with van der Waals surface area (Å²) in [7, 11) is 0. The third kappa shape index (κ3) is 2.67. The van der Waals surface area contributed by atoms with E-state index < -0.39 is 0 Å². The lowest BCUT2D eigenvalue weighted by Crippen LogP contribution is -2.15. The summed E-state index contributed by atoms with van der Waals surface area (Å²) in [6, 6.07) is -0.0637. The van der Waals surface area contributed by atoms with Gasteiger partial charge in [-0.15, -0.1) is 0 Å². The predicted octanol–water partition coefficient (Wildman–Crippen LogP) is 2.68. The second-order valence-corrected chi connectivity index (χ2v) is 4.44. The monoisotopic (exact) mass is 217 g/mol. The van der Waals surface area contributed by atoms with E-state index in [4.69, 9.17) is 5.73 Å². The summed E-state index contributed by atoms with van der Waals surface area (Å²) in [6.07, 6.45) is 12.0. The zero-order valence-electron chi connectivity index (χ0n) is 9.82. The molecule has 1 aromatic rings. The van der Waals surface area contributed by atoms with Crippen molar-refractivity contribution in [3.05, 3.63) is 35.4 Å². The fourth-order valence-electron chi connectivity index (χ4n) is 2.08. The van der Waals surface area contributed by atoms with E-state index in [9.17, 15) is 0 Å². The molecule has 1 atom stereocenters. The molecule has 0 amide bonds. The maximum absolute atomic E-state index is 6.22. The second kappa shape index (κ2) is 5.21. The van der Waals surface area contributed by atoms with Gasteiger partial charge in [-0.1, -0.05) is 18.1 Å². The Morgan fingerprint density at radius 1 is 1.19 bits per heavy atom. The van der Waals surface area contributed by atoms with Crippen molar-refractivity contribution in [3.8, 4) is 0 Å². The molecule has 2 rings (SSSR count). The van der Waals surface area contributed by atoms with Crippen molar-refractivity contribution in [3.63, 3.8) is 0 Å². The minimum Gasteiger partial charge on any atom is -0.319 e. The van der Waals surface area contributed by atoms with Gasteiger partial charge in [0.1, 0.15) is 0 Å². The maximum Gasteiger partial charge on any atom is 0.0796 e. The van der Waals surface area contributed by atoms with Gasteiger partial charge in [-0.25, -0.2) is 0 Å². The van der Waals surface area contributed by atoms with Crippen LogP contribution in [-0.4, -0.2) is 9.97 Å². The molecule has 1 aliphatic carbocycles. The lowest BCUT2D eigenvalue weighted by molar-refractivity contribution is 0.680. The van der Waals surface area contributed by atoms with Crippen molar-refractivity contribution >= 4 is 0 Å². The Morgan fingerprint density at radius 3 is 2.81 bits per heavy atom. The van der Waals surface area contributed by atoms with Crippen LogP contribution in [0.3, 0.4) is 0 Å². The van der Waals surface area contributed by atoms with Crippen LogP contribution < -0.4 is 5.73 Å². The molecule has 1 heterocycles. The van der Waals surface area contributed by atoms with Gasteiger partial charge in [-0.3, -0.25) is 9.97 Å². The van der Waals surface area contributed by atoms with Crippen LogP contribution in [0, 0.1) is 6.92 Å². The summed E-state index contributed by atoms with van der Waals surface area (Å²) >= 11 is 0. The zero-order valence-corrected chi connectivity index (χ0v) is 9.82. The number of aromatic nitrogens is 2. The molecule has 0 aliphatic heterocycles. The highest BCUT2D eigenvalue weighted by atomic mass is 14.8. The van der Waals surface area contributed by atoms with Crippen molar-refractivity contribution in [1.29, 1.82) is 0 Å². The molecule has 0 fully saturated rings. The Morgan fingerprint density at radius 2 is 2.06 bits per heavy atom. The molecular weight excluding hydrogens is 198 g/mol. The van der Waals surface area contributed by atoms with Crippen molar-refractivity contribution in [2.24, 2.45) is 5.73 Å². The number of hydrogen-bond acceptors (Lipinski definition) is 3. The quantitative estimate of drug-likeness (QED) is 0.775. The molecule has 1 unspecified atom stereocenters. The summed E-state index contributed by atoms with van der Waals surface area (Å²) in [5.74, 6) is 0. The Kier molecular flexibility index (Phi) is 3.67. The molecule has 0 saturated carbocycles. The molecule has 1 aliphatic rings. The first-order chi connectivity index (χ1) is 7.77. The molecule has 0 bridgehead atoms. The highest BCUT2D eigenvalue weighted by Gasteiger charge is 2.14. The number of aryl methyl sites for hydroxylation is 1. The fourth-order valence-corrected chi connectivity index (χ4v) is 2.08. The number of allylic oxidation sites excluding steroid dienone is 1. The van der Waals surface area contributed by atoms with E-state index in [1.54, 1.807) is 12.4 Å². The van der Waals surface area contributed by atoms with Gasteiger partial charge >= 0.3 is 0 Å². The molecule has 0 aromatic carbocycles. The van der Waals surface area contributed by atoms with Gasteiger partial charge in [0.05, 0.1) is 23.6 Å². The van der Waals surface area contributed by atoms with Gasteiger partial charge in [-0.05, 0) is 32.6 Å². The normalized spacial score (nSPS) is 18.8. The van der Waals surface area contributed by atoms with Crippen LogP contribution in [-0.2, 0) is 0 Å². The minimum atomic E-state index is -0.0637. The van der Waals surface area contributed by atoms with Crippen molar-refractivity contribution in [1.82, 2.24) is 9.97 Å². The number of nitrogens with two attached hydrogens (primary N) is 1. The molecule has 86 valence electrons. The van der Waals surface area contributed by atoms with Gasteiger partial charge in [0.25, 0.3) is 0 Å². The SMILES string of the molecule is Cc1cnc(C(N)C2=CCCCCC2)cn1. The lowest BCUT2D eigenvalue weighted by Gasteiger charge is -2.14. The smallest absolute Gasteiger partial charge is 0.0796 e. The third-order valence-corrected chi connectivity index (χ3v) is 3.10. The first-order valence-electron chi connectivity index (χ1n) is 6.00. The largest absolute Gasteiger partial charge is 0.319 e. The molecule has 16 heavy (non-hydrogen) atoms. The molecular formula is C13H19N3. The van der Waals surface area contributed by atoms with E-state index in [0.717, 1.165) is 24.2 Å². The average molecular weight is 217 g/mol. The Labute approximate surface area is 96.8 Å². The lowest BCUT2D eigenvalue weighted by atomic mass is 10.0. The fraction of sp³-hybridized carbons (Fsp3) is 0.538. The third-order valence-electron chi connectivity index (χ3n) is 3.10. The number of rotatable bonds is 2. The summed E-state index contributed by atoms with van der Waals surface area (Å²) in [5, 5.41) is 0. The average Bonchev–Trinajstić information content (AvgIpc) is 2.57. The molecule has 3 heteroatoms. The van der Waals surface area contributed by atoms with E-state index in [2.05, 4.69) is 16.0 Å². The van der Waals surface area contributed by atoms with Crippen molar-refractivity contribution < 1.29 is 0 Å². The Bertz CT molecular complexity index is 367. The van der Waals surface area contributed by atoms with Crippen LogP contribution in [0.2, 0.25) is 0 Å². The molecule has 0 radical (unpaired) electrons. The van der Waals surface area contributed by atoms with E-state index in [1.807, 2.05) is 6.92 Å². The van der Waals surface area contributed by atoms with Gasteiger partial charge < -0.3 is 5.73 Å². The summed E-state index contributed by atoms with van der Waals surface area (Å²) < 4.78 is 0. The van der Waals surface area contributed by atoms with E-state index >= 15 is 0 Å². The highest BCUT2D eigenvalue weighted by Crippen LogP contribution is 2.25. The Hall–Kier alpha value is -1.22. The van der Waals surface area contributed by atoms with Crippen LogP contribution in [0.15, 0.2) is 24.0 Å². The van der Waals surface area contributed by atoms with Gasteiger partial charge in [0.2, 0.25) is 0 Å². The maximum atomic E-state index is 6.22. The van der Waals surface area contributed by atoms with Crippen LogP contribution in [0.25, 0.3) is 0 Å². The minimum absolute atomic E-state index is 0.0637. The van der Waals surface area contributed by atoms with Gasteiger partial charge in [0.15, 0.2) is 0 Å². The summed E-state index contributed by atoms with van der Waals surface area (Å²) in [4.78, 5) is 8.60. The van der Waals surface area contributed by atoms with Gasteiger partial charge in [0, 0.05) is 6.20 Å². The van der Waals surface area contributed by atoms with Crippen LogP contribution in [0.4, 0.5) is 0 Å². The van der Waals surface area contributed by atoms with Gasteiger partial charge in [-0.2, -0.15) is 0 Å². The molecule has 0 spiro atoms. The summed E-state index contributed by atoms with van der Waals surface area (Å²) in [6.45, 7) is 1.94. The highest BCUT2D eigenvalue weighted by molar-refractivity contribution is 5.20. The zero-order chi connectivity index (χ0) is 11.4. The van der Waals surface area contributed by atoms with Crippen LogP contribution in [0.1, 0.15) is 49.5 Å². The number of nitrogens with zero attached hydrogens (tertiary/aromatic N) is 2. The molecule has 1 aromatic heterocycles. The van der Waals surface area contributed by atoms with Crippen LogP contribution in [0.5, 0.6) is 0 Å². The molecule has 0 saturated heterocycles. The Balaban J connectivity index is 2.14. The van der Waals surface area contributed by atoms with E-state index in [-0.39, 0.29) is 6.04 Å². The first kappa shape index (κ1) is 11.3. The van der Waals surface area contributed by atoms with Crippen LogP contribution >= 0.6 is 0 Å². The number of hydrogen-bond donors (Lipinski definition) is 1. The predicted molar refractivity (Wildman–Crippen MR) is 64.9 cm³/mol. The van der Waals surface area contributed by atoms with E-state index in [1.165, 1.54) is 24.8 Å². The molecule has 3 nitrogen and oxygen atoms in total. The second-order valence-electron chi connectivity index (χ2n) is 4.44. The summed E-state index contributed by atoms with van der Waals surface area (Å²) in [5.41, 5.74) is 9.37. The van der Waals surface area contributed by atoms with E-state index in [0.29, 0.717) is 0 Å². The standard InChI is InChI=1S/C13H19N3/c1-10-8-16-12(9-15-10)13(14)11-6-4-2-3-5-7-11/h6,8-9,13H,2-5,7,14H2,1H3. The van der Waals surface area contributed by atoms with Crippen molar-refractivity contribution in [2.45, 2.75) is 45.1 Å². The topological polar surface area (TPSA) is 51.8 Å².